The van der Waals surface area contributed by atoms with Crippen LogP contribution in [0, 0.1) is 5.82 Å². The number of nitrogens with zero attached hydrogens (tertiary/aromatic N) is 1. The molecule has 1 N–H and O–H groups in total. The Morgan fingerprint density at radius 3 is 2.83 bits per heavy atom. The summed E-state index contributed by atoms with van der Waals surface area (Å²) < 4.78 is 12.9. The van der Waals surface area contributed by atoms with E-state index in [9.17, 15) is 4.39 Å². The lowest BCUT2D eigenvalue weighted by Crippen LogP contribution is -2.19. The highest BCUT2D eigenvalue weighted by Crippen LogP contribution is 2.18. The van der Waals surface area contributed by atoms with Crippen LogP contribution in [0.2, 0.25) is 5.02 Å². The predicted octanol–water partition coefficient (Wildman–Crippen LogP) is 3.72. The first-order chi connectivity index (χ1) is 8.66. The molecular formula is C14H14ClFN2. The van der Waals surface area contributed by atoms with Crippen molar-refractivity contribution in [3.05, 3.63) is 64.7 Å². The molecule has 0 aliphatic carbocycles. The standard InChI is InChI=1S/C14H14ClFN2/c1-10(14-4-2-3-7-17-14)18-9-11-5-6-12(16)8-13(11)15/h2-8,10,18H,9H2,1H3. The maximum atomic E-state index is 12.9. The zero-order chi connectivity index (χ0) is 13.0. The largest absolute Gasteiger partial charge is 0.305 e. The molecule has 0 spiro atoms. The van der Waals surface area contributed by atoms with Crippen molar-refractivity contribution in [2.75, 3.05) is 0 Å². The van der Waals surface area contributed by atoms with Crippen molar-refractivity contribution in [1.29, 1.82) is 0 Å². The molecule has 0 saturated heterocycles. The molecule has 2 aromatic rings. The van der Waals surface area contributed by atoms with Crippen LogP contribution in [-0.2, 0) is 6.54 Å². The van der Waals surface area contributed by atoms with Crippen molar-refractivity contribution < 1.29 is 4.39 Å². The zero-order valence-electron chi connectivity index (χ0n) is 10.0. The first-order valence-corrected chi connectivity index (χ1v) is 6.13. The average Bonchev–Trinajstić information content (AvgIpc) is 2.38. The molecule has 0 bridgehead atoms. The van der Waals surface area contributed by atoms with Crippen molar-refractivity contribution in [3.63, 3.8) is 0 Å². The molecule has 0 radical (unpaired) electrons. The van der Waals surface area contributed by atoms with Crippen LogP contribution >= 0.6 is 11.6 Å². The third kappa shape index (κ3) is 3.28. The van der Waals surface area contributed by atoms with Gasteiger partial charge < -0.3 is 5.32 Å². The molecule has 0 aliphatic rings. The Labute approximate surface area is 111 Å². The van der Waals surface area contributed by atoms with E-state index in [1.807, 2.05) is 25.1 Å². The Morgan fingerprint density at radius 1 is 1.33 bits per heavy atom. The molecule has 0 aliphatic heterocycles. The highest BCUT2D eigenvalue weighted by molar-refractivity contribution is 6.31. The van der Waals surface area contributed by atoms with Gasteiger partial charge in [-0.2, -0.15) is 0 Å². The van der Waals surface area contributed by atoms with Crippen molar-refractivity contribution in [2.24, 2.45) is 0 Å². The minimum absolute atomic E-state index is 0.118. The molecule has 4 heteroatoms. The molecule has 1 atom stereocenters. The summed E-state index contributed by atoms with van der Waals surface area (Å²) in [5.74, 6) is -0.318. The fraction of sp³-hybridized carbons (Fsp3) is 0.214. The van der Waals surface area contributed by atoms with Crippen LogP contribution in [0.3, 0.4) is 0 Å². The average molecular weight is 265 g/mol. The van der Waals surface area contributed by atoms with Crippen LogP contribution in [0.25, 0.3) is 0 Å². The fourth-order valence-electron chi connectivity index (χ4n) is 1.66. The summed E-state index contributed by atoms with van der Waals surface area (Å²) in [7, 11) is 0. The van der Waals surface area contributed by atoms with Gasteiger partial charge in [0.2, 0.25) is 0 Å². The van der Waals surface area contributed by atoms with Crippen LogP contribution in [0.4, 0.5) is 4.39 Å². The van der Waals surface area contributed by atoms with E-state index in [-0.39, 0.29) is 11.9 Å². The number of aromatic nitrogens is 1. The van der Waals surface area contributed by atoms with Crippen LogP contribution in [0.15, 0.2) is 42.6 Å². The van der Waals surface area contributed by atoms with Crippen LogP contribution in [0.5, 0.6) is 0 Å². The minimum atomic E-state index is -0.318. The Kier molecular flexibility index (Phi) is 4.28. The number of nitrogens with one attached hydrogen (secondary N) is 1. The Hall–Kier alpha value is -1.45. The third-order valence-corrected chi connectivity index (χ3v) is 3.10. The van der Waals surface area contributed by atoms with Crippen LogP contribution in [-0.4, -0.2) is 4.98 Å². The monoisotopic (exact) mass is 264 g/mol. The maximum Gasteiger partial charge on any atom is 0.124 e. The minimum Gasteiger partial charge on any atom is -0.305 e. The second-order valence-electron chi connectivity index (χ2n) is 4.09. The summed E-state index contributed by atoms with van der Waals surface area (Å²) in [4.78, 5) is 4.27. The summed E-state index contributed by atoms with van der Waals surface area (Å²) in [6, 6.07) is 10.3. The lowest BCUT2D eigenvalue weighted by atomic mass is 10.1. The van der Waals surface area contributed by atoms with Crippen molar-refractivity contribution in [1.82, 2.24) is 10.3 Å². The van der Waals surface area contributed by atoms with Gasteiger partial charge in [0.15, 0.2) is 0 Å². The van der Waals surface area contributed by atoms with Gasteiger partial charge in [0.25, 0.3) is 0 Å². The highest BCUT2D eigenvalue weighted by atomic mass is 35.5. The third-order valence-electron chi connectivity index (χ3n) is 2.75. The summed E-state index contributed by atoms with van der Waals surface area (Å²) in [5, 5.41) is 3.75. The second-order valence-corrected chi connectivity index (χ2v) is 4.50. The maximum absolute atomic E-state index is 12.9. The SMILES string of the molecule is CC(NCc1ccc(F)cc1Cl)c1ccccn1. The van der Waals surface area contributed by atoms with Gasteiger partial charge in [-0.25, -0.2) is 4.39 Å². The number of hydrogen-bond acceptors (Lipinski definition) is 2. The van der Waals surface area contributed by atoms with Gasteiger partial charge in [0, 0.05) is 23.8 Å². The van der Waals surface area contributed by atoms with Gasteiger partial charge in [-0.15, -0.1) is 0 Å². The van der Waals surface area contributed by atoms with Crippen molar-refractivity contribution in [2.45, 2.75) is 19.5 Å². The molecule has 1 heterocycles. The smallest absolute Gasteiger partial charge is 0.124 e. The molecular weight excluding hydrogens is 251 g/mol. The molecule has 18 heavy (non-hydrogen) atoms. The predicted molar refractivity (Wildman–Crippen MR) is 70.9 cm³/mol. The van der Waals surface area contributed by atoms with Crippen LogP contribution < -0.4 is 5.32 Å². The normalized spacial score (nSPS) is 12.4. The fourth-order valence-corrected chi connectivity index (χ4v) is 1.90. The molecule has 1 unspecified atom stereocenters. The lowest BCUT2D eigenvalue weighted by Gasteiger charge is -2.13. The first-order valence-electron chi connectivity index (χ1n) is 5.75. The molecule has 94 valence electrons. The van der Waals surface area contributed by atoms with E-state index in [1.165, 1.54) is 12.1 Å². The summed E-state index contributed by atoms with van der Waals surface area (Å²) in [6.07, 6.45) is 1.76. The van der Waals surface area contributed by atoms with E-state index in [1.54, 1.807) is 12.3 Å². The van der Waals surface area contributed by atoms with Crippen molar-refractivity contribution in [3.8, 4) is 0 Å². The number of benzene rings is 1. The van der Waals surface area contributed by atoms with E-state index in [0.717, 1.165) is 11.3 Å². The molecule has 2 nitrogen and oxygen atoms in total. The quantitative estimate of drug-likeness (QED) is 0.910. The van der Waals surface area contributed by atoms with Gasteiger partial charge in [-0.3, -0.25) is 4.98 Å². The molecule has 1 aromatic carbocycles. The Balaban J connectivity index is 1.99. The van der Waals surface area contributed by atoms with Gasteiger partial charge in [-0.1, -0.05) is 23.7 Å². The molecule has 0 saturated carbocycles. The summed E-state index contributed by atoms with van der Waals surface area (Å²) >= 11 is 5.96. The highest BCUT2D eigenvalue weighted by Gasteiger charge is 2.07. The summed E-state index contributed by atoms with van der Waals surface area (Å²) in [6.45, 7) is 2.61. The molecule has 0 amide bonds. The van der Waals surface area contributed by atoms with E-state index >= 15 is 0 Å². The summed E-state index contributed by atoms with van der Waals surface area (Å²) in [5.41, 5.74) is 1.84. The number of halogens is 2. The number of pyridine rings is 1. The van der Waals surface area contributed by atoms with E-state index in [4.69, 9.17) is 11.6 Å². The Morgan fingerprint density at radius 2 is 2.17 bits per heavy atom. The number of hydrogen-bond donors (Lipinski definition) is 1. The molecule has 1 aromatic heterocycles. The van der Waals surface area contributed by atoms with Gasteiger partial charge in [-0.05, 0) is 36.8 Å². The Bertz CT molecular complexity index is 516. The van der Waals surface area contributed by atoms with Gasteiger partial charge >= 0.3 is 0 Å². The van der Waals surface area contributed by atoms with Crippen molar-refractivity contribution >= 4 is 11.6 Å². The van der Waals surface area contributed by atoms with Gasteiger partial charge in [0.1, 0.15) is 5.82 Å². The van der Waals surface area contributed by atoms with Gasteiger partial charge in [0.05, 0.1) is 5.69 Å². The number of rotatable bonds is 4. The van der Waals surface area contributed by atoms with E-state index in [2.05, 4.69) is 10.3 Å². The van der Waals surface area contributed by atoms with Crippen LogP contribution in [0.1, 0.15) is 24.2 Å². The second kappa shape index (κ2) is 5.94. The molecule has 0 fully saturated rings. The van der Waals surface area contributed by atoms with E-state index < -0.39 is 0 Å². The first kappa shape index (κ1) is 13.0. The lowest BCUT2D eigenvalue weighted by molar-refractivity contribution is 0.560. The van der Waals surface area contributed by atoms with E-state index in [0.29, 0.717) is 11.6 Å². The zero-order valence-corrected chi connectivity index (χ0v) is 10.8. The molecule has 2 rings (SSSR count). The topological polar surface area (TPSA) is 24.9 Å².